The van der Waals surface area contributed by atoms with Crippen LogP contribution in [0.5, 0.6) is 0 Å². The van der Waals surface area contributed by atoms with Crippen LogP contribution in [0.25, 0.3) is 0 Å². The summed E-state index contributed by atoms with van der Waals surface area (Å²) in [4.78, 5) is 25.7. The van der Waals surface area contributed by atoms with Gasteiger partial charge in [-0.3, -0.25) is 4.79 Å². The molecule has 0 aromatic heterocycles. The van der Waals surface area contributed by atoms with E-state index in [4.69, 9.17) is 28.4 Å². The molecule has 13 unspecified atom stereocenters. The molecule has 13 nitrogen and oxygen atoms in total. The van der Waals surface area contributed by atoms with Crippen LogP contribution >= 0.6 is 0 Å². The van der Waals surface area contributed by atoms with E-state index in [0.29, 0.717) is 19.3 Å². The molecule has 1 saturated carbocycles. The number of aliphatic hydroxyl groups excluding tert-OH is 4. The molecule has 3 fully saturated rings. The standard InChI is InChI=1S/C31H44O13/c1-3-16-9-6-10-19(26(16)44-30-25(36)24(35)22(33)15(2)40-30)42-31-28-27(23(34)21(14-32)43-31)41-20(29(37)38)13-18-8-5-4-7-17(18)11-12-39-28/h4-5,7-8,15-16,19-22,24-28,30-33,35-36H,3,6,9-14H2,1-2H3,(H,37,38). The Kier molecular flexibility index (Phi) is 11.0. The Morgan fingerprint density at radius 3 is 2.43 bits per heavy atom. The van der Waals surface area contributed by atoms with E-state index in [9.17, 15) is 35.1 Å². The SMILES string of the molecule is CCC1CCCC(OC2OC(CO)C(=O)C3OC(C(=O)O)Cc4ccccc4CCOC23)C1OC1OC(C)C(O)C(O)C1O. The van der Waals surface area contributed by atoms with Crippen LogP contribution in [0, 0.1) is 5.92 Å². The molecule has 13 heteroatoms. The zero-order valence-corrected chi connectivity index (χ0v) is 25.0. The molecule has 3 aliphatic heterocycles. The molecule has 2 saturated heterocycles. The van der Waals surface area contributed by atoms with E-state index in [0.717, 1.165) is 24.0 Å². The van der Waals surface area contributed by atoms with Crippen LogP contribution in [-0.4, -0.2) is 124 Å². The minimum absolute atomic E-state index is 0.0207. The number of fused-ring (bicyclic) bond motifs is 2. The van der Waals surface area contributed by atoms with Crippen LogP contribution in [0.2, 0.25) is 0 Å². The average molecular weight is 625 g/mol. The number of aliphatic hydroxyl groups is 4. The van der Waals surface area contributed by atoms with E-state index in [1.54, 1.807) is 6.92 Å². The van der Waals surface area contributed by atoms with Gasteiger partial charge in [0.1, 0.15) is 30.5 Å². The monoisotopic (exact) mass is 624 g/mol. The van der Waals surface area contributed by atoms with Crippen molar-refractivity contribution in [2.24, 2.45) is 5.92 Å². The Morgan fingerprint density at radius 2 is 1.73 bits per heavy atom. The van der Waals surface area contributed by atoms with Gasteiger partial charge in [-0.25, -0.2) is 4.79 Å². The van der Waals surface area contributed by atoms with Crippen LogP contribution < -0.4 is 0 Å². The number of hydrogen-bond acceptors (Lipinski definition) is 12. The Bertz CT molecular complexity index is 1130. The van der Waals surface area contributed by atoms with Crippen LogP contribution in [0.3, 0.4) is 0 Å². The second-order valence-corrected chi connectivity index (χ2v) is 12.1. The summed E-state index contributed by atoms with van der Waals surface area (Å²) in [6, 6.07) is 7.38. The van der Waals surface area contributed by atoms with Crippen molar-refractivity contribution < 1.29 is 63.5 Å². The summed E-state index contributed by atoms with van der Waals surface area (Å²) in [6.45, 7) is 3.07. The fraction of sp³-hybridized carbons (Fsp3) is 0.742. The first-order chi connectivity index (χ1) is 21.1. The predicted molar refractivity (Wildman–Crippen MR) is 150 cm³/mol. The molecule has 3 heterocycles. The number of ketones is 1. The molecule has 13 atom stereocenters. The summed E-state index contributed by atoms with van der Waals surface area (Å²) in [5.41, 5.74) is 1.67. The van der Waals surface area contributed by atoms with Crippen LogP contribution in [0.4, 0.5) is 0 Å². The fourth-order valence-corrected chi connectivity index (χ4v) is 6.67. The summed E-state index contributed by atoms with van der Waals surface area (Å²) < 4.78 is 36.6. The highest BCUT2D eigenvalue weighted by molar-refractivity contribution is 5.89. The molecule has 0 radical (unpaired) electrons. The highest BCUT2D eigenvalue weighted by Crippen LogP contribution is 2.37. The molecule has 0 amide bonds. The molecule has 5 rings (SSSR count). The van der Waals surface area contributed by atoms with Gasteiger partial charge in [0.05, 0.1) is 31.5 Å². The zero-order chi connectivity index (χ0) is 31.5. The second kappa shape index (κ2) is 14.6. The molecular weight excluding hydrogens is 580 g/mol. The predicted octanol–water partition coefficient (Wildman–Crippen LogP) is 0.103. The van der Waals surface area contributed by atoms with Gasteiger partial charge in [0.2, 0.25) is 0 Å². The number of ether oxygens (including phenoxy) is 6. The first-order valence-corrected chi connectivity index (χ1v) is 15.5. The normalized spacial score (nSPS) is 41.8. The Labute approximate surface area is 256 Å². The van der Waals surface area contributed by atoms with Crippen molar-refractivity contribution in [1.82, 2.24) is 0 Å². The summed E-state index contributed by atoms with van der Waals surface area (Å²) >= 11 is 0. The van der Waals surface area contributed by atoms with Crippen molar-refractivity contribution in [3.63, 3.8) is 0 Å². The lowest BCUT2D eigenvalue weighted by atomic mass is 9.82. The van der Waals surface area contributed by atoms with Gasteiger partial charge in [0, 0.05) is 6.42 Å². The summed E-state index contributed by atoms with van der Waals surface area (Å²) in [5, 5.41) is 51.2. The number of carboxylic acids is 1. The molecular formula is C31H44O13. The van der Waals surface area contributed by atoms with Crippen LogP contribution in [0.1, 0.15) is 50.7 Å². The van der Waals surface area contributed by atoms with Gasteiger partial charge in [0.25, 0.3) is 0 Å². The van der Waals surface area contributed by atoms with Gasteiger partial charge in [0.15, 0.2) is 30.6 Å². The Morgan fingerprint density at radius 1 is 0.977 bits per heavy atom. The molecule has 0 spiro atoms. The number of aliphatic carboxylic acids is 1. The van der Waals surface area contributed by atoms with Crippen molar-refractivity contribution in [2.45, 2.75) is 126 Å². The van der Waals surface area contributed by atoms with E-state index in [2.05, 4.69) is 0 Å². The lowest BCUT2D eigenvalue weighted by Crippen LogP contribution is -2.62. The van der Waals surface area contributed by atoms with Gasteiger partial charge >= 0.3 is 5.97 Å². The average Bonchev–Trinajstić information content (AvgIpc) is 3.02. The molecule has 5 N–H and O–H groups in total. The molecule has 1 aromatic rings. The van der Waals surface area contributed by atoms with Crippen LogP contribution in [-0.2, 0) is 50.9 Å². The maximum atomic E-state index is 13.4. The molecule has 246 valence electrons. The lowest BCUT2D eigenvalue weighted by molar-refractivity contribution is -0.336. The van der Waals surface area contributed by atoms with Gasteiger partial charge in [-0.2, -0.15) is 0 Å². The Hall–Kier alpha value is -2.04. The number of hydrogen-bond donors (Lipinski definition) is 5. The summed E-state index contributed by atoms with van der Waals surface area (Å²) in [6.07, 6.45) is -10.7. The lowest BCUT2D eigenvalue weighted by Gasteiger charge is -2.46. The van der Waals surface area contributed by atoms with E-state index >= 15 is 0 Å². The number of carbonyl (C=O) groups excluding carboxylic acids is 1. The molecule has 0 bridgehead atoms. The van der Waals surface area contributed by atoms with Gasteiger partial charge in [-0.05, 0) is 43.2 Å². The number of carboxylic acid groups (broad SMARTS) is 1. The third-order valence-electron chi connectivity index (χ3n) is 9.25. The van der Waals surface area contributed by atoms with Crippen molar-refractivity contribution in [3.05, 3.63) is 35.4 Å². The molecule has 1 aliphatic carbocycles. The molecule has 1 aromatic carbocycles. The highest BCUT2D eigenvalue weighted by Gasteiger charge is 2.52. The summed E-state index contributed by atoms with van der Waals surface area (Å²) in [7, 11) is 0. The second-order valence-electron chi connectivity index (χ2n) is 12.1. The zero-order valence-electron chi connectivity index (χ0n) is 25.0. The van der Waals surface area contributed by atoms with Crippen LogP contribution in [0.15, 0.2) is 24.3 Å². The number of carbonyl (C=O) groups is 2. The quantitative estimate of drug-likeness (QED) is 0.275. The smallest absolute Gasteiger partial charge is 0.333 e. The number of rotatable bonds is 7. The fourth-order valence-electron chi connectivity index (χ4n) is 6.67. The minimum atomic E-state index is -1.50. The first-order valence-electron chi connectivity index (χ1n) is 15.5. The number of benzene rings is 1. The topological polar surface area (TPSA) is 191 Å². The van der Waals surface area contributed by atoms with Gasteiger partial charge < -0.3 is 54.0 Å². The van der Waals surface area contributed by atoms with Crippen molar-refractivity contribution in [2.75, 3.05) is 13.2 Å². The van der Waals surface area contributed by atoms with Crippen molar-refractivity contribution in [3.8, 4) is 0 Å². The van der Waals surface area contributed by atoms with E-state index < -0.39 is 92.0 Å². The van der Waals surface area contributed by atoms with E-state index in [-0.39, 0.29) is 18.9 Å². The largest absolute Gasteiger partial charge is 0.479 e. The maximum Gasteiger partial charge on any atom is 0.333 e. The van der Waals surface area contributed by atoms with Gasteiger partial charge in [-0.15, -0.1) is 0 Å². The number of Topliss-reactive ketones (excluding diaryl/α,β-unsaturated/α-hetero) is 1. The summed E-state index contributed by atoms with van der Waals surface area (Å²) in [5.74, 6) is -1.90. The van der Waals surface area contributed by atoms with E-state index in [1.807, 2.05) is 31.2 Å². The first kappa shape index (κ1) is 33.3. The van der Waals surface area contributed by atoms with Crippen molar-refractivity contribution in [1.29, 1.82) is 0 Å². The molecule has 44 heavy (non-hydrogen) atoms. The third-order valence-corrected chi connectivity index (χ3v) is 9.25. The van der Waals surface area contributed by atoms with Crippen molar-refractivity contribution >= 4 is 11.8 Å². The molecule has 4 aliphatic rings. The maximum absolute atomic E-state index is 13.4. The third kappa shape index (κ3) is 7.02. The highest BCUT2D eigenvalue weighted by atomic mass is 16.7. The van der Waals surface area contributed by atoms with Gasteiger partial charge in [-0.1, -0.05) is 44.0 Å². The minimum Gasteiger partial charge on any atom is -0.479 e. The Balaban J connectivity index is 1.41. The van der Waals surface area contributed by atoms with E-state index in [1.165, 1.54) is 0 Å².